The van der Waals surface area contributed by atoms with Gasteiger partial charge in [0, 0.05) is 0 Å². The number of nitrogens with one attached hydrogen (secondary N) is 1. The number of hydrogen-bond acceptors (Lipinski definition) is 1. The van der Waals surface area contributed by atoms with Crippen LogP contribution in [0.3, 0.4) is 0 Å². The summed E-state index contributed by atoms with van der Waals surface area (Å²) in [4.78, 5) is 12.3. The minimum Gasteiger partial charge on any atom is -0.349 e. The smallest absolute Gasteiger partial charge is 0.224 e. The van der Waals surface area contributed by atoms with E-state index in [1.807, 2.05) is 6.07 Å². The van der Waals surface area contributed by atoms with Gasteiger partial charge >= 0.3 is 0 Å². The maximum absolute atomic E-state index is 12.3. The van der Waals surface area contributed by atoms with Gasteiger partial charge < -0.3 is 5.32 Å². The Morgan fingerprint density at radius 3 is 2.13 bits per heavy atom. The van der Waals surface area contributed by atoms with E-state index >= 15 is 0 Å². The van der Waals surface area contributed by atoms with E-state index in [-0.39, 0.29) is 11.9 Å². The van der Waals surface area contributed by atoms with Crippen LogP contribution in [0.5, 0.6) is 0 Å². The molecule has 122 valence electrons. The standard InChI is InChI=1S/C21H27NO/c1-13-7-8-19(10-15(13)3)12-21(23)22-18(6)20-11-16(4)14(2)9-17(20)5/h7-11,18H,12H2,1-6H3,(H,22,23)/t18-/m0/s1. The van der Waals surface area contributed by atoms with Gasteiger partial charge in [-0.25, -0.2) is 0 Å². The van der Waals surface area contributed by atoms with Crippen molar-refractivity contribution in [2.45, 2.75) is 54.0 Å². The first kappa shape index (κ1) is 17.3. The van der Waals surface area contributed by atoms with Crippen molar-refractivity contribution in [3.05, 3.63) is 69.3 Å². The highest BCUT2D eigenvalue weighted by Gasteiger charge is 2.13. The Bertz CT molecular complexity index is 731. The molecule has 2 rings (SSSR count). The minimum atomic E-state index is 0.0216. The lowest BCUT2D eigenvalue weighted by molar-refractivity contribution is -0.121. The van der Waals surface area contributed by atoms with Crippen LogP contribution < -0.4 is 5.32 Å². The fourth-order valence-electron chi connectivity index (χ4n) is 2.92. The third-order valence-electron chi connectivity index (χ3n) is 4.66. The Kier molecular flexibility index (Phi) is 5.25. The second kappa shape index (κ2) is 6.99. The van der Waals surface area contributed by atoms with Crippen LogP contribution in [0.2, 0.25) is 0 Å². The van der Waals surface area contributed by atoms with Gasteiger partial charge in [-0.15, -0.1) is 0 Å². The zero-order valence-electron chi connectivity index (χ0n) is 15.1. The number of carbonyl (C=O) groups is 1. The molecule has 1 amide bonds. The van der Waals surface area contributed by atoms with Crippen LogP contribution in [0, 0.1) is 34.6 Å². The van der Waals surface area contributed by atoms with Crippen LogP contribution in [0.4, 0.5) is 0 Å². The highest BCUT2D eigenvalue weighted by molar-refractivity contribution is 5.79. The molecule has 1 N–H and O–H groups in total. The Labute approximate surface area is 139 Å². The van der Waals surface area contributed by atoms with E-state index in [4.69, 9.17) is 0 Å². The summed E-state index contributed by atoms with van der Waals surface area (Å²) in [6.45, 7) is 12.6. The number of carbonyl (C=O) groups excluding carboxylic acids is 1. The molecule has 0 spiro atoms. The topological polar surface area (TPSA) is 29.1 Å². The maximum Gasteiger partial charge on any atom is 0.224 e. The van der Waals surface area contributed by atoms with E-state index in [0.717, 1.165) is 5.56 Å². The molecule has 2 nitrogen and oxygen atoms in total. The van der Waals surface area contributed by atoms with E-state index in [0.29, 0.717) is 6.42 Å². The third kappa shape index (κ3) is 4.22. The number of benzene rings is 2. The average molecular weight is 309 g/mol. The lowest BCUT2D eigenvalue weighted by Crippen LogP contribution is -2.28. The lowest BCUT2D eigenvalue weighted by atomic mass is 9.96. The molecule has 0 aromatic heterocycles. The summed E-state index contributed by atoms with van der Waals surface area (Å²) in [6.07, 6.45) is 0.426. The third-order valence-corrected chi connectivity index (χ3v) is 4.66. The van der Waals surface area contributed by atoms with E-state index < -0.39 is 0 Å². The van der Waals surface area contributed by atoms with Gasteiger partial charge in [0.15, 0.2) is 0 Å². The molecule has 0 radical (unpaired) electrons. The fourth-order valence-corrected chi connectivity index (χ4v) is 2.92. The van der Waals surface area contributed by atoms with Gasteiger partial charge in [0.2, 0.25) is 5.91 Å². The highest BCUT2D eigenvalue weighted by Crippen LogP contribution is 2.21. The fraction of sp³-hybridized carbons (Fsp3) is 0.381. The zero-order chi connectivity index (χ0) is 17.1. The molecule has 2 aromatic rings. The van der Waals surface area contributed by atoms with Gasteiger partial charge in [0.1, 0.15) is 0 Å². The first-order valence-electron chi connectivity index (χ1n) is 8.21. The number of aryl methyl sites for hydroxylation is 5. The van der Waals surface area contributed by atoms with Crippen LogP contribution in [-0.2, 0) is 11.2 Å². The summed E-state index contributed by atoms with van der Waals surface area (Å²) in [7, 11) is 0. The molecular formula is C21H27NO. The summed E-state index contributed by atoms with van der Waals surface area (Å²) < 4.78 is 0. The van der Waals surface area contributed by atoms with E-state index in [2.05, 4.69) is 71.1 Å². The van der Waals surface area contributed by atoms with Crippen molar-refractivity contribution in [1.82, 2.24) is 5.32 Å². The lowest BCUT2D eigenvalue weighted by Gasteiger charge is -2.18. The molecule has 2 heteroatoms. The van der Waals surface area contributed by atoms with Gasteiger partial charge in [0.05, 0.1) is 12.5 Å². The second-order valence-corrected chi connectivity index (χ2v) is 6.68. The van der Waals surface area contributed by atoms with E-state index in [9.17, 15) is 4.79 Å². The summed E-state index contributed by atoms with van der Waals surface area (Å²) in [5.74, 6) is 0.0679. The van der Waals surface area contributed by atoms with Gasteiger partial charge in [-0.3, -0.25) is 4.79 Å². The minimum absolute atomic E-state index is 0.0216. The van der Waals surface area contributed by atoms with Crippen molar-refractivity contribution in [3.63, 3.8) is 0 Å². The van der Waals surface area contributed by atoms with Crippen molar-refractivity contribution in [2.75, 3.05) is 0 Å². The molecule has 0 aliphatic carbocycles. The molecule has 1 atom stereocenters. The normalized spacial score (nSPS) is 12.1. The molecule has 23 heavy (non-hydrogen) atoms. The summed E-state index contributed by atoms with van der Waals surface area (Å²) in [6, 6.07) is 10.6. The number of rotatable bonds is 4. The molecule has 0 fully saturated rings. The van der Waals surface area contributed by atoms with Crippen molar-refractivity contribution in [1.29, 1.82) is 0 Å². The van der Waals surface area contributed by atoms with Crippen LogP contribution in [0.15, 0.2) is 30.3 Å². The van der Waals surface area contributed by atoms with Gasteiger partial charge in [-0.1, -0.05) is 30.3 Å². The predicted molar refractivity (Wildman–Crippen MR) is 96.8 cm³/mol. The molecule has 0 aliphatic heterocycles. The Morgan fingerprint density at radius 2 is 1.48 bits per heavy atom. The van der Waals surface area contributed by atoms with E-state index in [1.54, 1.807) is 0 Å². The Balaban J connectivity index is 2.07. The van der Waals surface area contributed by atoms with Crippen molar-refractivity contribution < 1.29 is 4.79 Å². The Morgan fingerprint density at radius 1 is 0.870 bits per heavy atom. The second-order valence-electron chi connectivity index (χ2n) is 6.68. The summed E-state index contributed by atoms with van der Waals surface area (Å²) in [5.41, 5.74) is 8.53. The molecule has 0 unspecified atom stereocenters. The molecule has 2 aromatic carbocycles. The summed E-state index contributed by atoms with van der Waals surface area (Å²) in [5, 5.41) is 3.13. The van der Waals surface area contributed by atoms with Gasteiger partial charge in [-0.2, -0.15) is 0 Å². The highest BCUT2D eigenvalue weighted by atomic mass is 16.1. The number of hydrogen-bond donors (Lipinski definition) is 1. The first-order chi connectivity index (χ1) is 10.8. The quantitative estimate of drug-likeness (QED) is 0.875. The van der Waals surface area contributed by atoms with Crippen molar-refractivity contribution >= 4 is 5.91 Å². The molecule has 0 saturated heterocycles. The van der Waals surface area contributed by atoms with E-state index in [1.165, 1.54) is 33.4 Å². The largest absolute Gasteiger partial charge is 0.349 e. The first-order valence-corrected chi connectivity index (χ1v) is 8.21. The molecule has 0 aliphatic rings. The predicted octanol–water partition coefficient (Wildman–Crippen LogP) is 4.65. The molecular weight excluding hydrogens is 282 g/mol. The van der Waals surface area contributed by atoms with Gasteiger partial charge in [0.25, 0.3) is 0 Å². The average Bonchev–Trinajstić information content (AvgIpc) is 2.46. The Hall–Kier alpha value is -2.09. The van der Waals surface area contributed by atoms with Crippen LogP contribution in [-0.4, -0.2) is 5.91 Å². The SMILES string of the molecule is Cc1ccc(CC(=O)N[C@@H](C)c2cc(C)c(C)cc2C)cc1C. The zero-order valence-corrected chi connectivity index (χ0v) is 15.1. The molecule has 0 saturated carbocycles. The molecule has 0 heterocycles. The summed E-state index contributed by atoms with van der Waals surface area (Å²) >= 11 is 0. The van der Waals surface area contributed by atoms with Crippen LogP contribution in [0.1, 0.15) is 51.9 Å². The van der Waals surface area contributed by atoms with Crippen LogP contribution in [0.25, 0.3) is 0 Å². The monoisotopic (exact) mass is 309 g/mol. The maximum atomic E-state index is 12.3. The van der Waals surface area contributed by atoms with Crippen LogP contribution >= 0.6 is 0 Å². The van der Waals surface area contributed by atoms with Gasteiger partial charge in [-0.05, 0) is 80.5 Å². The van der Waals surface area contributed by atoms with Crippen molar-refractivity contribution in [2.24, 2.45) is 0 Å². The number of amides is 1. The van der Waals surface area contributed by atoms with Crippen molar-refractivity contribution in [3.8, 4) is 0 Å². The molecule has 0 bridgehead atoms.